The number of hydrogen-bond acceptors (Lipinski definition) is 6. The molecule has 0 atom stereocenters. The number of aryl methyl sites for hydroxylation is 1. The fourth-order valence-corrected chi connectivity index (χ4v) is 4.18. The van der Waals surface area contributed by atoms with Crippen molar-refractivity contribution in [2.24, 2.45) is 5.41 Å². The molecule has 3 heterocycles. The Morgan fingerprint density at radius 2 is 2.07 bits per heavy atom. The summed E-state index contributed by atoms with van der Waals surface area (Å²) in [7, 11) is 0. The van der Waals surface area contributed by atoms with Crippen LogP contribution < -0.4 is 10.9 Å². The number of carbonyl (C=O) groups is 2. The van der Waals surface area contributed by atoms with E-state index < -0.39 is 11.5 Å². The molecule has 0 fully saturated rings. The molecule has 0 saturated heterocycles. The molecule has 0 bridgehead atoms. The lowest BCUT2D eigenvalue weighted by molar-refractivity contribution is 0.0915. The monoisotopic (exact) mass is 382 g/mol. The quantitative estimate of drug-likeness (QED) is 0.736. The topological polar surface area (TPSA) is 93.4 Å². The van der Waals surface area contributed by atoms with Gasteiger partial charge in [0.05, 0.1) is 10.6 Å². The minimum absolute atomic E-state index is 0.0436. The molecule has 27 heavy (non-hydrogen) atoms. The lowest BCUT2D eigenvalue weighted by Gasteiger charge is -2.26. The van der Waals surface area contributed by atoms with Crippen molar-refractivity contribution < 1.29 is 9.59 Å². The van der Waals surface area contributed by atoms with Gasteiger partial charge >= 0.3 is 0 Å². The molecule has 138 valence electrons. The van der Waals surface area contributed by atoms with Crippen molar-refractivity contribution in [2.45, 2.75) is 33.6 Å². The number of thiazole rings is 1. The van der Waals surface area contributed by atoms with Gasteiger partial charge in [-0.15, -0.1) is 0 Å². The average molecular weight is 382 g/mol. The summed E-state index contributed by atoms with van der Waals surface area (Å²) in [5, 5.41) is 2.97. The number of Topliss-reactive ketones (excluding diaryl/α,β-unsaturated/α-hetero) is 1. The molecule has 1 N–H and O–H groups in total. The van der Waals surface area contributed by atoms with Crippen LogP contribution in [-0.2, 0) is 6.42 Å². The van der Waals surface area contributed by atoms with Gasteiger partial charge in [0.2, 0.25) is 0 Å². The number of hydrogen-bond donors (Lipinski definition) is 1. The SMILES string of the molecule is Cc1ccn2c(=O)c(C(=O)Nc3nc4c(s3)C(=O)CC(C)(C)C4)cnc2c1. The van der Waals surface area contributed by atoms with E-state index in [9.17, 15) is 14.4 Å². The lowest BCUT2D eigenvalue weighted by atomic mass is 9.78. The van der Waals surface area contributed by atoms with E-state index in [-0.39, 0.29) is 16.8 Å². The summed E-state index contributed by atoms with van der Waals surface area (Å²) >= 11 is 1.16. The zero-order chi connectivity index (χ0) is 19.3. The molecule has 0 spiro atoms. The Labute approximate surface area is 159 Å². The molecule has 1 amide bonds. The molecule has 3 aromatic rings. The van der Waals surface area contributed by atoms with Crippen LogP contribution in [0, 0.1) is 12.3 Å². The van der Waals surface area contributed by atoms with E-state index in [1.165, 1.54) is 10.6 Å². The van der Waals surface area contributed by atoms with Gasteiger partial charge in [-0.2, -0.15) is 0 Å². The number of aromatic nitrogens is 3. The first-order valence-corrected chi connectivity index (χ1v) is 9.37. The van der Waals surface area contributed by atoms with E-state index in [1.54, 1.807) is 18.3 Å². The zero-order valence-electron chi connectivity index (χ0n) is 15.2. The third-order valence-electron chi connectivity index (χ3n) is 4.57. The van der Waals surface area contributed by atoms with Crippen molar-refractivity contribution in [3.05, 3.63) is 56.6 Å². The Kier molecular flexibility index (Phi) is 3.96. The molecule has 1 aliphatic rings. The maximum absolute atomic E-state index is 12.6. The average Bonchev–Trinajstić information content (AvgIpc) is 2.96. The van der Waals surface area contributed by atoms with E-state index in [2.05, 4.69) is 15.3 Å². The van der Waals surface area contributed by atoms with E-state index in [0.29, 0.717) is 34.2 Å². The van der Waals surface area contributed by atoms with Crippen molar-refractivity contribution in [1.29, 1.82) is 0 Å². The molecule has 0 radical (unpaired) electrons. The number of rotatable bonds is 2. The molecule has 0 saturated carbocycles. The third-order valence-corrected chi connectivity index (χ3v) is 5.62. The van der Waals surface area contributed by atoms with E-state index in [4.69, 9.17) is 0 Å². The van der Waals surface area contributed by atoms with Crippen LogP contribution in [0.5, 0.6) is 0 Å². The minimum atomic E-state index is -0.583. The number of ketones is 1. The smallest absolute Gasteiger partial charge is 0.270 e. The Morgan fingerprint density at radius 3 is 2.85 bits per heavy atom. The van der Waals surface area contributed by atoms with E-state index in [1.807, 2.05) is 20.8 Å². The number of amides is 1. The van der Waals surface area contributed by atoms with Gasteiger partial charge in [-0.25, -0.2) is 9.97 Å². The first kappa shape index (κ1) is 17.5. The maximum atomic E-state index is 12.6. The van der Waals surface area contributed by atoms with Crippen molar-refractivity contribution in [3.8, 4) is 0 Å². The molecule has 0 aromatic carbocycles. The first-order valence-electron chi connectivity index (χ1n) is 8.56. The van der Waals surface area contributed by atoms with Crippen LogP contribution in [0.3, 0.4) is 0 Å². The fraction of sp³-hybridized carbons (Fsp3) is 0.316. The number of fused-ring (bicyclic) bond motifs is 2. The minimum Gasteiger partial charge on any atom is -0.298 e. The van der Waals surface area contributed by atoms with Gasteiger partial charge in [0.15, 0.2) is 10.9 Å². The van der Waals surface area contributed by atoms with E-state index in [0.717, 1.165) is 16.9 Å². The highest BCUT2D eigenvalue weighted by molar-refractivity contribution is 7.17. The Balaban J connectivity index is 1.65. The van der Waals surface area contributed by atoms with Crippen molar-refractivity contribution >= 4 is 33.8 Å². The van der Waals surface area contributed by atoms with Crippen LogP contribution in [0.2, 0.25) is 0 Å². The highest BCUT2D eigenvalue weighted by Crippen LogP contribution is 2.38. The van der Waals surface area contributed by atoms with Gasteiger partial charge in [-0.3, -0.25) is 24.1 Å². The number of pyridine rings is 1. The molecule has 1 aliphatic carbocycles. The molecule has 0 aliphatic heterocycles. The van der Waals surface area contributed by atoms with Gasteiger partial charge in [-0.1, -0.05) is 25.2 Å². The van der Waals surface area contributed by atoms with Crippen LogP contribution in [0.25, 0.3) is 5.65 Å². The first-order chi connectivity index (χ1) is 12.7. The number of nitrogens with one attached hydrogen (secondary N) is 1. The summed E-state index contributed by atoms with van der Waals surface area (Å²) < 4.78 is 1.33. The summed E-state index contributed by atoms with van der Waals surface area (Å²) in [4.78, 5) is 46.7. The summed E-state index contributed by atoms with van der Waals surface area (Å²) in [5.41, 5.74) is 1.50. The summed E-state index contributed by atoms with van der Waals surface area (Å²) in [6.07, 6.45) is 4.01. The molecule has 4 rings (SSSR count). The summed E-state index contributed by atoms with van der Waals surface area (Å²) in [6, 6.07) is 3.55. The van der Waals surface area contributed by atoms with E-state index >= 15 is 0 Å². The number of anilines is 1. The van der Waals surface area contributed by atoms with Gasteiger partial charge in [-0.05, 0) is 36.5 Å². The van der Waals surface area contributed by atoms with Crippen LogP contribution in [0.15, 0.2) is 29.3 Å². The largest absolute Gasteiger partial charge is 0.298 e. The van der Waals surface area contributed by atoms with Crippen LogP contribution in [0.1, 0.15) is 51.6 Å². The Morgan fingerprint density at radius 1 is 1.30 bits per heavy atom. The van der Waals surface area contributed by atoms with Gasteiger partial charge in [0.1, 0.15) is 11.2 Å². The second kappa shape index (κ2) is 6.09. The second-order valence-corrected chi connectivity index (χ2v) is 8.60. The third kappa shape index (κ3) is 3.16. The Hall–Kier alpha value is -2.87. The van der Waals surface area contributed by atoms with Crippen LogP contribution in [0.4, 0.5) is 5.13 Å². The summed E-state index contributed by atoms with van der Waals surface area (Å²) in [6.45, 7) is 5.95. The highest BCUT2D eigenvalue weighted by atomic mass is 32.1. The number of nitrogens with zero attached hydrogens (tertiary/aromatic N) is 3. The number of carbonyl (C=O) groups excluding carboxylic acids is 2. The van der Waals surface area contributed by atoms with Crippen molar-refractivity contribution in [2.75, 3.05) is 5.32 Å². The van der Waals surface area contributed by atoms with Crippen LogP contribution >= 0.6 is 11.3 Å². The van der Waals surface area contributed by atoms with Crippen molar-refractivity contribution in [1.82, 2.24) is 14.4 Å². The molecular formula is C19H18N4O3S. The lowest BCUT2D eigenvalue weighted by Crippen LogP contribution is -2.27. The van der Waals surface area contributed by atoms with Gasteiger partial charge in [0.25, 0.3) is 11.5 Å². The maximum Gasteiger partial charge on any atom is 0.270 e. The standard InChI is InChI=1S/C19H18N4O3S/c1-10-4-5-23-14(6-10)20-9-11(17(23)26)16(25)22-18-21-12-7-19(2,3)8-13(24)15(12)27-18/h4-6,9H,7-8H2,1-3H3,(H,21,22,25). The molecular weight excluding hydrogens is 364 g/mol. The highest BCUT2D eigenvalue weighted by Gasteiger charge is 2.34. The molecule has 7 nitrogen and oxygen atoms in total. The molecule has 8 heteroatoms. The second-order valence-electron chi connectivity index (χ2n) is 7.60. The predicted molar refractivity (Wildman–Crippen MR) is 103 cm³/mol. The summed E-state index contributed by atoms with van der Waals surface area (Å²) in [5.74, 6) is -0.539. The fourth-order valence-electron chi connectivity index (χ4n) is 3.27. The Bertz CT molecular complexity index is 1160. The van der Waals surface area contributed by atoms with Gasteiger partial charge < -0.3 is 0 Å². The molecule has 0 unspecified atom stereocenters. The normalized spacial score (nSPS) is 15.6. The zero-order valence-corrected chi connectivity index (χ0v) is 16.0. The van der Waals surface area contributed by atoms with Crippen molar-refractivity contribution in [3.63, 3.8) is 0 Å². The van der Waals surface area contributed by atoms with Gasteiger partial charge in [0, 0.05) is 18.8 Å². The molecule has 3 aromatic heterocycles. The van der Waals surface area contributed by atoms with Crippen LogP contribution in [-0.4, -0.2) is 26.1 Å². The predicted octanol–water partition coefficient (Wildman–Crippen LogP) is 2.87.